The lowest BCUT2D eigenvalue weighted by Gasteiger charge is -2.05. The largest absolute Gasteiger partial charge is 0.304 e. The molecule has 1 N–H and O–H groups in total. The third-order valence-electron chi connectivity index (χ3n) is 3.81. The highest BCUT2D eigenvalue weighted by molar-refractivity contribution is 6.35. The zero-order valence-electron chi connectivity index (χ0n) is 14.1. The third-order valence-corrected chi connectivity index (χ3v) is 4.67. The van der Waals surface area contributed by atoms with Crippen LogP contribution in [0.15, 0.2) is 30.6 Å². The van der Waals surface area contributed by atoms with E-state index in [0.717, 1.165) is 5.56 Å². The number of aromatic nitrogens is 4. The number of amides is 1. The Morgan fingerprint density at radius 1 is 1.12 bits per heavy atom. The fourth-order valence-electron chi connectivity index (χ4n) is 2.46. The molecule has 0 aliphatic heterocycles. The van der Waals surface area contributed by atoms with Gasteiger partial charge in [0, 0.05) is 29.0 Å². The molecule has 0 aliphatic rings. The first-order valence-electron chi connectivity index (χ1n) is 7.89. The number of rotatable bonds is 5. The number of halogens is 3. The molecule has 1 amide bonds. The Bertz CT molecular complexity index is 963. The molecule has 3 rings (SSSR count). The van der Waals surface area contributed by atoms with Crippen molar-refractivity contribution in [2.45, 2.75) is 26.9 Å². The molecule has 26 heavy (non-hydrogen) atoms. The number of benzene rings is 1. The first-order valence-corrected chi connectivity index (χ1v) is 9.03. The Hall–Kier alpha value is -2.02. The van der Waals surface area contributed by atoms with Crippen LogP contribution in [0.4, 0.5) is 5.82 Å². The minimum Gasteiger partial charge on any atom is -0.304 e. The van der Waals surface area contributed by atoms with Gasteiger partial charge in [-0.05, 0) is 31.5 Å². The number of anilines is 1. The number of nitrogens with one attached hydrogen (secondary N) is 1. The fourth-order valence-corrected chi connectivity index (χ4v) is 3.13. The number of aryl methyl sites for hydroxylation is 2. The first-order chi connectivity index (χ1) is 12.4. The van der Waals surface area contributed by atoms with E-state index in [1.165, 1.54) is 0 Å². The molecule has 0 fully saturated rings. The zero-order valence-corrected chi connectivity index (χ0v) is 16.4. The summed E-state index contributed by atoms with van der Waals surface area (Å²) in [5, 5.41) is 12.8. The lowest BCUT2D eigenvalue weighted by atomic mass is 10.2. The van der Waals surface area contributed by atoms with Crippen LogP contribution in [0.5, 0.6) is 0 Å². The molecule has 2 heterocycles. The Morgan fingerprint density at radius 3 is 2.54 bits per heavy atom. The van der Waals surface area contributed by atoms with Gasteiger partial charge in [0.15, 0.2) is 5.82 Å². The maximum Gasteiger partial charge on any atom is 0.260 e. The smallest absolute Gasteiger partial charge is 0.260 e. The van der Waals surface area contributed by atoms with Crippen molar-refractivity contribution < 1.29 is 4.79 Å². The number of hydrogen-bond acceptors (Lipinski definition) is 3. The molecule has 0 radical (unpaired) electrons. The van der Waals surface area contributed by atoms with Crippen molar-refractivity contribution in [3.63, 3.8) is 0 Å². The standard InChI is InChI=1S/C17H16Cl3N5O/c1-3-24-8-13(10(2)22-24)17(26)21-16-15(20)9-25(23-16)7-11-4-5-12(18)6-14(11)19/h4-6,8-9H,3,7H2,1-2H3,(H,21,23,26). The molecule has 2 aromatic heterocycles. The van der Waals surface area contributed by atoms with E-state index in [1.54, 1.807) is 40.8 Å². The van der Waals surface area contributed by atoms with Gasteiger partial charge in [0.25, 0.3) is 5.91 Å². The van der Waals surface area contributed by atoms with E-state index in [-0.39, 0.29) is 11.7 Å². The van der Waals surface area contributed by atoms with Crippen LogP contribution in [-0.2, 0) is 13.1 Å². The van der Waals surface area contributed by atoms with Gasteiger partial charge in [-0.1, -0.05) is 40.9 Å². The monoisotopic (exact) mass is 411 g/mol. The summed E-state index contributed by atoms with van der Waals surface area (Å²) in [4.78, 5) is 12.5. The highest BCUT2D eigenvalue weighted by Gasteiger charge is 2.17. The second-order valence-corrected chi connectivity index (χ2v) is 6.95. The average Bonchev–Trinajstić information content (AvgIpc) is 3.13. The molecule has 0 aliphatic carbocycles. The summed E-state index contributed by atoms with van der Waals surface area (Å²) < 4.78 is 3.31. The molecule has 0 bridgehead atoms. The minimum atomic E-state index is -0.307. The van der Waals surface area contributed by atoms with Gasteiger partial charge in [-0.25, -0.2) is 0 Å². The van der Waals surface area contributed by atoms with Crippen molar-refractivity contribution in [1.82, 2.24) is 19.6 Å². The summed E-state index contributed by atoms with van der Waals surface area (Å²) in [7, 11) is 0. The molecule has 0 saturated carbocycles. The van der Waals surface area contributed by atoms with Crippen LogP contribution in [-0.4, -0.2) is 25.5 Å². The SMILES string of the molecule is CCn1cc(C(=O)Nc2nn(Cc3ccc(Cl)cc3Cl)cc2Cl)c(C)n1. The van der Waals surface area contributed by atoms with Gasteiger partial charge < -0.3 is 5.32 Å². The van der Waals surface area contributed by atoms with Crippen LogP contribution >= 0.6 is 34.8 Å². The molecule has 3 aromatic rings. The van der Waals surface area contributed by atoms with Crippen molar-refractivity contribution >= 4 is 46.5 Å². The molecule has 136 valence electrons. The molecule has 0 unspecified atom stereocenters. The van der Waals surface area contributed by atoms with Crippen LogP contribution in [0, 0.1) is 6.92 Å². The summed E-state index contributed by atoms with van der Waals surface area (Å²) in [6, 6.07) is 5.24. The second kappa shape index (κ2) is 7.70. The quantitative estimate of drug-likeness (QED) is 0.662. The van der Waals surface area contributed by atoms with Gasteiger partial charge >= 0.3 is 0 Å². The maximum atomic E-state index is 12.5. The van der Waals surface area contributed by atoms with Gasteiger partial charge in [0.2, 0.25) is 0 Å². The van der Waals surface area contributed by atoms with E-state index in [2.05, 4.69) is 15.5 Å². The third kappa shape index (κ3) is 4.03. The fraction of sp³-hybridized carbons (Fsp3) is 0.235. The average molecular weight is 413 g/mol. The van der Waals surface area contributed by atoms with E-state index >= 15 is 0 Å². The molecule has 9 heteroatoms. The van der Waals surface area contributed by atoms with Crippen LogP contribution in [0.3, 0.4) is 0 Å². The van der Waals surface area contributed by atoms with E-state index in [4.69, 9.17) is 34.8 Å². The molecule has 6 nitrogen and oxygen atoms in total. The lowest BCUT2D eigenvalue weighted by Crippen LogP contribution is -2.13. The van der Waals surface area contributed by atoms with Crippen LogP contribution in [0.25, 0.3) is 0 Å². The number of carbonyl (C=O) groups is 1. The number of hydrogen-bond donors (Lipinski definition) is 1. The predicted molar refractivity (Wildman–Crippen MR) is 103 cm³/mol. The zero-order chi connectivity index (χ0) is 18.8. The summed E-state index contributed by atoms with van der Waals surface area (Å²) >= 11 is 18.3. The highest BCUT2D eigenvalue weighted by Crippen LogP contribution is 2.24. The minimum absolute atomic E-state index is 0.283. The summed E-state index contributed by atoms with van der Waals surface area (Å²) in [6.07, 6.45) is 3.33. The molecule has 0 atom stereocenters. The van der Waals surface area contributed by atoms with Gasteiger partial charge in [0.05, 0.1) is 17.8 Å². The molecule has 1 aromatic carbocycles. The molecule has 0 spiro atoms. The summed E-state index contributed by atoms with van der Waals surface area (Å²) in [5.74, 6) is -0.0238. The van der Waals surface area contributed by atoms with E-state index < -0.39 is 0 Å². The summed E-state index contributed by atoms with van der Waals surface area (Å²) in [5.41, 5.74) is 1.97. The second-order valence-electron chi connectivity index (χ2n) is 5.70. The van der Waals surface area contributed by atoms with E-state index in [1.807, 2.05) is 13.0 Å². The molecule has 0 saturated heterocycles. The molecular formula is C17H16Cl3N5O. The van der Waals surface area contributed by atoms with Crippen molar-refractivity contribution in [3.8, 4) is 0 Å². The lowest BCUT2D eigenvalue weighted by molar-refractivity contribution is 0.102. The maximum absolute atomic E-state index is 12.5. The number of nitrogens with zero attached hydrogens (tertiary/aromatic N) is 4. The Morgan fingerprint density at radius 2 is 1.88 bits per heavy atom. The Labute approximate surface area is 165 Å². The predicted octanol–water partition coefficient (Wildman–Crippen LogP) is 4.67. The van der Waals surface area contributed by atoms with E-state index in [9.17, 15) is 4.79 Å². The first kappa shape index (κ1) is 18.8. The molecular weight excluding hydrogens is 397 g/mol. The highest BCUT2D eigenvalue weighted by atomic mass is 35.5. The topological polar surface area (TPSA) is 64.7 Å². The van der Waals surface area contributed by atoms with Crippen LogP contribution in [0.1, 0.15) is 28.5 Å². The van der Waals surface area contributed by atoms with Crippen molar-refractivity contribution in [3.05, 3.63) is 62.5 Å². The van der Waals surface area contributed by atoms with Gasteiger partial charge in [-0.15, -0.1) is 0 Å². The van der Waals surface area contributed by atoms with Crippen LogP contribution < -0.4 is 5.32 Å². The van der Waals surface area contributed by atoms with Crippen molar-refractivity contribution in [1.29, 1.82) is 0 Å². The normalized spacial score (nSPS) is 11.0. The summed E-state index contributed by atoms with van der Waals surface area (Å²) in [6.45, 7) is 4.82. The van der Waals surface area contributed by atoms with Crippen molar-refractivity contribution in [2.75, 3.05) is 5.32 Å². The van der Waals surface area contributed by atoms with Crippen LogP contribution in [0.2, 0.25) is 15.1 Å². The number of carbonyl (C=O) groups excluding carboxylic acids is 1. The van der Waals surface area contributed by atoms with Gasteiger partial charge in [0.1, 0.15) is 5.02 Å². The van der Waals surface area contributed by atoms with Gasteiger partial charge in [-0.2, -0.15) is 10.2 Å². The van der Waals surface area contributed by atoms with Crippen molar-refractivity contribution in [2.24, 2.45) is 0 Å². The van der Waals surface area contributed by atoms with E-state index in [0.29, 0.717) is 39.4 Å². The Balaban J connectivity index is 1.77. The Kier molecular flexibility index (Phi) is 5.55. The van der Waals surface area contributed by atoms with Gasteiger partial charge in [-0.3, -0.25) is 14.2 Å².